The zero-order valence-electron chi connectivity index (χ0n) is 10.1. The van der Waals surface area contributed by atoms with Crippen LogP contribution >= 0.6 is 0 Å². The van der Waals surface area contributed by atoms with Crippen molar-refractivity contribution in [3.63, 3.8) is 0 Å². The van der Waals surface area contributed by atoms with Gasteiger partial charge < -0.3 is 0 Å². The van der Waals surface area contributed by atoms with Gasteiger partial charge in [0.1, 0.15) is 6.29 Å². The minimum Gasteiger partial charge on any atom is -0.299 e. The van der Waals surface area contributed by atoms with E-state index in [0.717, 1.165) is 17.4 Å². The van der Waals surface area contributed by atoms with E-state index in [1.807, 2.05) is 19.9 Å². The van der Waals surface area contributed by atoms with E-state index in [0.29, 0.717) is 18.3 Å². The molecular weight excluding hydrogens is 200 g/mol. The van der Waals surface area contributed by atoms with E-state index >= 15 is 0 Å². The molecule has 0 saturated heterocycles. The fourth-order valence-electron chi connectivity index (χ4n) is 2.06. The molecule has 0 amide bonds. The van der Waals surface area contributed by atoms with E-state index in [1.165, 1.54) is 6.08 Å². The van der Waals surface area contributed by atoms with Crippen LogP contribution in [0.2, 0.25) is 0 Å². The van der Waals surface area contributed by atoms with Crippen LogP contribution < -0.4 is 0 Å². The first-order valence-corrected chi connectivity index (χ1v) is 5.56. The zero-order chi connectivity index (χ0) is 12.1. The highest BCUT2D eigenvalue weighted by Crippen LogP contribution is 2.29. The Balaban J connectivity index is 2.81. The first-order chi connectivity index (χ1) is 7.54. The highest BCUT2D eigenvalue weighted by Gasteiger charge is 2.23. The lowest BCUT2D eigenvalue weighted by Gasteiger charge is -2.25. The van der Waals surface area contributed by atoms with Gasteiger partial charge in [0.25, 0.3) is 0 Å². The van der Waals surface area contributed by atoms with Crippen molar-refractivity contribution in [3.8, 4) is 0 Å². The largest absolute Gasteiger partial charge is 0.299 e. The van der Waals surface area contributed by atoms with E-state index in [2.05, 4.69) is 13.0 Å². The fraction of sp³-hybridized carbons (Fsp3) is 0.429. The second-order valence-corrected chi connectivity index (χ2v) is 4.47. The van der Waals surface area contributed by atoms with Gasteiger partial charge in [-0.2, -0.15) is 0 Å². The SMILES string of the molecule is CC1=CC(=O)CC(C)C1/C=C/C(C)=C\C=O. The zero-order valence-corrected chi connectivity index (χ0v) is 10.1. The summed E-state index contributed by atoms with van der Waals surface area (Å²) in [5, 5.41) is 0. The Kier molecular flexibility index (Phi) is 4.41. The number of hydrogen-bond donors (Lipinski definition) is 0. The van der Waals surface area contributed by atoms with Crippen molar-refractivity contribution in [2.45, 2.75) is 27.2 Å². The van der Waals surface area contributed by atoms with Crippen LogP contribution in [0.5, 0.6) is 0 Å². The number of carbonyl (C=O) groups is 2. The topological polar surface area (TPSA) is 34.1 Å². The second-order valence-electron chi connectivity index (χ2n) is 4.47. The molecule has 1 rings (SSSR count). The predicted octanol–water partition coefficient (Wildman–Crippen LogP) is 2.86. The maximum atomic E-state index is 11.3. The van der Waals surface area contributed by atoms with Gasteiger partial charge in [0.2, 0.25) is 0 Å². The minimum absolute atomic E-state index is 0.217. The number of aldehydes is 1. The second kappa shape index (κ2) is 5.59. The Labute approximate surface area is 96.7 Å². The van der Waals surface area contributed by atoms with Crippen LogP contribution in [0.4, 0.5) is 0 Å². The van der Waals surface area contributed by atoms with Crippen molar-refractivity contribution < 1.29 is 9.59 Å². The molecule has 2 unspecified atom stereocenters. The minimum atomic E-state index is 0.217. The fourth-order valence-corrected chi connectivity index (χ4v) is 2.06. The van der Waals surface area contributed by atoms with Crippen LogP contribution in [0.1, 0.15) is 27.2 Å². The van der Waals surface area contributed by atoms with Crippen molar-refractivity contribution in [3.05, 3.63) is 35.5 Å². The molecule has 16 heavy (non-hydrogen) atoms. The van der Waals surface area contributed by atoms with E-state index in [4.69, 9.17) is 0 Å². The number of ketones is 1. The number of rotatable bonds is 3. The molecule has 0 radical (unpaired) electrons. The summed E-state index contributed by atoms with van der Waals surface area (Å²) in [7, 11) is 0. The van der Waals surface area contributed by atoms with E-state index in [9.17, 15) is 9.59 Å². The smallest absolute Gasteiger partial charge is 0.155 e. The maximum Gasteiger partial charge on any atom is 0.155 e. The highest BCUT2D eigenvalue weighted by atomic mass is 16.1. The third kappa shape index (κ3) is 3.30. The molecule has 0 heterocycles. The number of carbonyl (C=O) groups excluding carboxylic acids is 2. The molecule has 1 aliphatic rings. The first kappa shape index (κ1) is 12.6. The quantitative estimate of drug-likeness (QED) is 0.414. The Hall–Kier alpha value is -1.44. The summed E-state index contributed by atoms with van der Waals surface area (Å²) in [5.74, 6) is 0.875. The van der Waals surface area contributed by atoms with Gasteiger partial charge in [-0.15, -0.1) is 0 Å². The van der Waals surface area contributed by atoms with Crippen LogP contribution in [-0.4, -0.2) is 12.1 Å². The Morgan fingerprint density at radius 2 is 2.19 bits per heavy atom. The normalized spacial score (nSPS) is 27.1. The van der Waals surface area contributed by atoms with Gasteiger partial charge in [0.05, 0.1) is 0 Å². The van der Waals surface area contributed by atoms with Gasteiger partial charge in [0, 0.05) is 12.3 Å². The van der Waals surface area contributed by atoms with Gasteiger partial charge in [-0.3, -0.25) is 9.59 Å². The van der Waals surface area contributed by atoms with E-state index < -0.39 is 0 Å². The number of allylic oxidation sites excluding steroid dienone is 6. The lowest BCUT2D eigenvalue weighted by Crippen LogP contribution is -2.20. The van der Waals surface area contributed by atoms with Crippen LogP contribution in [0, 0.1) is 11.8 Å². The molecule has 86 valence electrons. The molecule has 2 atom stereocenters. The standard InChI is InChI=1S/C14H18O2/c1-10(6-7-15)4-5-14-11(2)8-13(16)9-12(14)3/h4-8,12,14H,9H2,1-3H3/b5-4+,10-6-. The molecule has 0 fully saturated rings. The summed E-state index contributed by atoms with van der Waals surface area (Å²) in [5.41, 5.74) is 2.05. The predicted molar refractivity (Wildman–Crippen MR) is 65.0 cm³/mol. The van der Waals surface area contributed by atoms with Gasteiger partial charge >= 0.3 is 0 Å². The molecule has 0 N–H and O–H groups in total. The molecular formula is C14H18O2. The van der Waals surface area contributed by atoms with Crippen molar-refractivity contribution in [1.82, 2.24) is 0 Å². The third-order valence-electron chi connectivity index (χ3n) is 2.95. The van der Waals surface area contributed by atoms with Gasteiger partial charge in [-0.25, -0.2) is 0 Å². The van der Waals surface area contributed by atoms with Crippen molar-refractivity contribution in [1.29, 1.82) is 0 Å². The van der Waals surface area contributed by atoms with Crippen LogP contribution in [0.25, 0.3) is 0 Å². The molecule has 0 bridgehead atoms. The molecule has 0 aliphatic heterocycles. The Morgan fingerprint density at radius 1 is 1.50 bits per heavy atom. The molecule has 2 nitrogen and oxygen atoms in total. The lowest BCUT2D eigenvalue weighted by molar-refractivity contribution is -0.116. The summed E-state index contributed by atoms with van der Waals surface area (Å²) in [6.45, 7) is 5.96. The van der Waals surface area contributed by atoms with Crippen LogP contribution in [0.3, 0.4) is 0 Å². The molecule has 0 saturated carbocycles. The molecule has 0 aromatic carbocycles. The average Bonchev–Trinajstić information content (AvgIpc) is 2.16. The van der Waals surface area contributed by atoms with Crippen molar-refractivity contribution in [2.75, 3.05) is 0 Å². The molecule has 0 spiro atoms. The van der Waals surface area contributed by atoms with Crippen LogP contribution in [-0.2, 0) is 9.59 Å². The van der Waals surface area contributed by atoms with Crippen molar-refractivity contribution >= 4 is 12.1 Å². The highest BCUT2D eigenvalue weighted by molar-refractivity contribution is 5.91. The van der Waals surface area contributed by atoms with Gasteiger partial charge in [-0.1, -0.05) is 24.6 Å². The molecule has 1 aliphatic carbocycles. The third-order valence-corrected chi connectivity index (χ3v) is 2.95. The Bertz CT molecular complexity index is 372. The van der Waals surface area contributed by atoms with Crippen molar-refractivity contribution in [2.24, 2.45) is 11.8 Å². The lowest BCUT2D eigenvalue weighted by atomic mass is 9.79. The van der Waals surface area contributed by atoms with E-state index in [-0.39, 0.29) is 5.78 Å². The molecule has 2 heteroatoms. The first-order valence-electron chi connectivity index (χ1n) is 5.56. The summed E-state index contributed by atoms with van der Waals surface area (Å²) >= 11 is 0. The molecule has 0 aromatic rings. The summed E-state index contributed by atoms with van der Waals surface area (Å²) in [6, 6.07) is 0. The summed E-state index contributed by atoms with van der Waals surface area (Å²) < 4.78 is 0. The van der Waals surface area contributed by atoms with E-state index in [1.54, 1.807) is 6.08 Å². The van der Waals surface area contributed by atoms with Crippen LogP contribution in [0.15, 0.2) is 35.5 Å². The Morgan fingerprint density at radius 3 is 2.75 bits per heavy atom. The van der Waals surface area contributed by atoms with Gasteiger partial charge in [0.15, 0.2) is 5.78 Å². The monoisotopic (exact) mass is 218 g/mol. The molecule has 0 aromatic heterocycles. The number of hydrogen-bond acceptors (Lipinski definition) is 2. The summed E-state index contributed by atoms with van der Waals surface area (Å²) in [4.78, 5) is 21.6. The van der Waals surface area contributed by atoms with Gasteiger partial charge in [-0.05, 0) is 37.5 Å². The maximum absolute atomic E-state index is 11.3. The summed E-state index contributed by atoms with van der Waals surface area (Å²) in [6.07, 6.45) is 8.70. The average molecular weight is 218 g/mol.